The van der Waals surface area contributed by atoms with Crippen molar-refractivity contribution in [2.75, 3.05) is 25.5 Å². The molecule has 124 valence electrons. The minimum absolute atomic E-state index is 0.681. The van der Waals surface area contributed by atoms with Crippen LogP contribution in [0.4, 0.5) is 5.82 Å². The normalized spacial score (nSPS) is 14.7. The molecule has 0 radical (unpaired) electrons. The van der Waals surface area contributed by atoms with Crippen LogP contribution in [0.15, 0.2) is 10.9 Å². The van der Waals surface area contributed by atoms with Gasteiger partial charge in [0.2, 0.25) is 5.89 Å². The molecule has 0 saturated carbocycles. The molecular weight excluding hydrogens is 292 g/mol. The topological polar surface area (TPSA) is 71.2 Å². The van der Waals surface area contributed by atoms with Crippen LogP contribution in [0.1, 0.15) is 42.7 Å². The summed E-state index contributed by atoms with van der Waals surface area (Å²) >= 11 is 0. The van der Waals surface area contributed by atoms with Crippen LogP contribution in [0.5, 0.6) is 0 Å². The molecular formula is C16H24N6O. The Balaban J connectivity index is 1.68. The average molecular weight is 316 g/mol. The summed E-state index contributed by atoms with van der Waals surface area (Å²) in [6.07, 6.45) is 5.71. The van der Waals surface area contributed by atoms with Crippen molar-refractivity contribution in [2.24, 2.45) is 0 Å². The number of hydrogen-bond donors (Lipinski definition) is 0. The van der Waals surface area contributed by atoms with Gasteiger partial charge in [0.25, 0.3) is 0 Å². The SMILES string of the molecule is CCCCc1noc(CN2CCc3ncnc(N(C)C)c3C2)n1. The van der Waals surface area contributed by atoms with Crippen LogP contribution in [0.25, 0.3) is 0 Å². The fourth-order valence-corrected chi connectivity index (χ4v) is 2.88. The van der Waals surface area contributed by atoms with Crippen molar-refractivity contribution >= 4 is 5.82 Å². The smallest absolute Gasteiger partial charge is 0.240 e. The number of hydrogen-bond acceptors (Lipinski definition) is 7. The van der Waals surface area contributed by atoms with E-state index in [-0.39, 0.29) is 0 Å². The maximum Gasteiger partial charge on any atom is 0.240 e. The summed E-state index contributed by atoms with van der Waals surface area (Å²) in [4.78, 5) is 17.7. The van der Waals surface area contributed by atoms with Crippen LogP contribution in [-0.4, -0.2) is 45.6 Å². The average Bonchev–Trinajstić information content (AvgIpc) is 2.99. The Morgan fingerprint density at radius 3 is 2.96 bits per heavy atom. The van der Waals surface area contributed by atoms with Gasteiger partial charge in [0.05, 0.1) is 12.2 Å². The summed E-state index contributed by atoms with van der Waals surface area (Å²) in [5.74, 6) is 2.51. The second-order valence-corrected chi connectivity index (χ2v) is 6.19. The van der Waals surface area contributed by atoms with E-state index in [1.165, 1.54) is 5.56 Å². The first-order valence-corrected chi connectivity index (χ1v) is 8.21. The molecule has 1 aliphatic rings. The summed E-state index contributed by atoms with van der Waals surface area (Å²) in [6, 6.07) is 0. The lowest BCUT2D eigenvalue weighted by Gasteiger charge is -2.29. The van der Waals surface area contributed by atoms with Crippen molar-refractivity contribution in [3.63, 3.8) is 0 Å². The number of anilines is 1. The Kier molecular flexibility index (Phi) is 4.85. The van der Waals surface area contributed by atoms with E-state index < -0.39 is 0 Å². The number of unbranched alkanes of at least 4 members (excludes halogenated alkanes) is 1. The van der Waals surface area contributed by atoms with Gasteiger partial charge >= 0.3 is 0 Å². The molecule has 0 fully saturated rings. The van der Waals surface area contributed by atoms with Crippen LogP contribution in [-0.2, 0) is 25.9 Å². The molecule has 0 aliphatic carbocycles. The molecule has 0 amide bonds. The summed E-state index contributed by atoms with van der Waals surface area (Å²) < 4.78 is 5.39. The number of aryl methyl sites for hydroxylation is 1. The van der Waals surface area contributed by atoms with Gasteiger partial charge in [0.1, 0.15) is 12.1 Å². The van der Waals surface area contributed by atoms with Gasteiger partial charge in [-0.1, -0.05) is 18.5 Å². The standard InChI is InChI=1S/C16H24N6O/c1-4-5-6-14-19-15(23-20-14)10-22-8-7-13-12(9-22)16(21(2)3)18-11-17-13/h11H,4-10H2,1-3H3. The fraction of sp³-hybridized carbons (Fsp3) is 0.625. The third-order valence-corrected chi connectivity index (χ3v) is 4.10. The van der Waals surface area contributed by atoms with Gasteiger partial charge in [0.15, 0.2) is 5.82 Å². The van der Waals surface area contributed by atoms with E-state index in [4.69, 9.17) is 4.52 Å². The van der Waals surface area contributed by atoms with Crippen molar-refractivity contribution in [3.8, 4) is 0 Å². The van der Waals surface area contributed by atoms with E-state index in [0.29, 0.717) is 12.4 Å². The zero-order valence-electron chi connectivity index (χ0n) is 14.1. The van der Waals surface area contributed by atoms with Crippen molar-refractivity contribution in [2.45, 2.75) is 45.7 Å². The minimum atomic E-state index is 0.681. The number of nitrogens with zero attached hydrogens (tertiary/aromatic N) is 6. The number of aromatic nitrogens is 4. The molecule has 1 aliphatic heterocycles. The van der Waals surface area contributed by atoms with Gasteiger partial charge in [-0.3, -0.25) is 4.90 Å². The van der Waals surface area contributed by atoms with E-state index in [0.717, 1.165) is 56.1 Å². The van der Waals surface area contributed by atoms with Crippen molar-refractivity contribution < 1.29 is 4.52 Å². The highest BCUT2D eigenvalue weighted by molar-refractivity contribution is 5.48. The molecule has 7 nitrogen and oxygen atoms in total. The highest BCUT2D eigenvalue weighted by Crippen LogP contribution is 2.25. The van der Waals surface area contributed by atoms with Gasteiger partial charge in [-0.05, 0) is 6.42 Å². The minimum Gasteiger partial charge on any atom is -0.362 e. The summed E-state index contributed by atoms with van der Waals surface area (Å²) in [5.41, 5.74) is 2.35. The zero-order valence-corrected chi connectivity index (χ0v) is 14.1. The van der Waals surface area contributed by atoms with Crippen LogP contribution >= 0.6 is 0 Å². The Bertz CT molecular complexity index is 654. The molecule has 0 bridgehead atoms. The first kappa shape index (κ1) is 15.9. The highest BCUT2D eigenvalue weighted by Gasteiger charge is 2.23. The fourth-order valence-electron chi connectivity index (χ4n) is 2.88. The molecule has 2 aromatic rings. The van der Waals surface area contributed by atoms with Crippen LogP contribution in [0, 0.1) is 0 Å². The van der Waals surface area contributed by atoms with E-state index in [1.54, 1.807) is 6.33 Å². The van der Waals surface area contributed by atoms with Gasteiger partial charge in [-0.15, -0.1) is 0 Å². The lowest BCUT2D eigenvalue weighted by atomic mass is 10.1. The third kappa shape index (κ3) is 3.67. The Hall–Kier alpha value is -2.02. The van der Waals surface area contributed by atoms with Crippen molar-refractivity contribution in [1.29, 1.82) is 0 Å². The number of rotatable bonds is 6. The lowest BCUT2D eigenvalue weighted by molar-refractivity contribution is 0.208. The second kappa shape index (κ2) is 7.04. The number of fused-ring (bicyclic) bond motifs is 1. The lowest BCUT2D eigenvalue weighted by Crippen LogP contribution is -2.32. The monoisotopic (exact) mass is 316 g/mol. The summed E-state index contributed by atoms with van der Waals surface area (Å²) in [5, 5.41) is 4.06. The van der Waals surface area contributed by atoms with E-state index in [1.807, 2.05) is 19.0 Å². The molecule has 7 heteroatoms. The predicted molar refractivity (Wildman–Crippen MR) is 87.1 cm³/mol. The highest BCUT2D eigenvalue weighted by atomic mass is 16.5. The van der Waals surface area contributed by atoms with E-state index in [2.05, 4.69) is 31.9 Å². The molecule has 0 N–H and O–H groups in total. The van der Waals surface area contributed by atoms with Gasteiger partial charge < -0.3 is 9.42 Å². The van der Waals surface area contributed by atoms with Crippen LogP contribution in [0.3, 0.4) is 0 Å². The van der Waals surface area contributed by atoms with Gasteiger partial charge in [-0.2, -0.15) is 4.98 Å². The maximum atomic E-state index is 5.39. The second-order valence-electron chi connectivity index (χ2n) is 6.19. The molecule has 0 unspecified atom stereocenters. The van der Waals surface area contributed by atoms with Crippen molar-refractivity contribution in [1.82, 2.24) is 25.0 Å². The van der Waals surface area contributed by atoms with Crippen molar-refractivity contribution in [3.05, 3.63) is 29.3 Å². The van der Waals surface area contributed by atoms with Crippen LogP contribution in [0.2, 0.25) is 0 Å². The van der Waals surface area contributed by atoms with Gasteiger partial charge in [-0.25, -0.2) is 9.97 Å². The molecule has 23 heavy (non-hydrogen) atoms. The molecule has 3 rings (SSSR count). The molecule has 3 heterocycles. The maximum absolute atomic E-state index is 5.39. The Morgan fingerprint density at radius 2 is 2.17 bits per heavy atom. The third-order valence-electron chi connectivity index (χ3n) is 4.10. The largest absolute Gasteiger partial charge is 0.362 e. The van der Waals surface area contributed by atoms with Crippen LogP contribution < -0.4 is 4.90 Å². The molecule has 0 spiro atoms. The molecule has 0 saturated heterocycles. The first-order chi connectivity index (χ1) is 11.2. The van der Waals surface area contributed by atoms with Gasteiger partial charge in [0, 0.05) is 45.6 Å². The quantitative estimate of drug-likeness (QED) is 0.805. The Labute approximate surface area is 136 Å². The van der Waals surface area contributed by atoms with E-state index in [9.17, 15) is 0 Å². The Morgan fingerprint density at radius 1 is 1.30 bits per heavy atom. The molecule has 0 aromatic carbocycles. The zero-order chi connectivity index (χ0) is 16.2. The summed E-state index contributed by atoms with van der Waals surface area (Å²) in [7, 11) is 4.03. The predicted octanol–water partition coefficient (Wildman–Crippen LogP) is 1.83. The molecule has 2 aromatic heterocycles. The molecule has 0 atom stereocenters. The first-order valence-electron chi connectivity index (χ1n) is 8.21. The van der Waals surface area contributed by atoms with E-state index >= 15 is 0 Å². The summed E-state index contributed by atoms with van der Waals surface area (Å²) in [6.45, 7) is 4.61.